The second-order valence-electron chi connectivity index (χ2n) is 3.85. The lowest BCUT2D eigenvalue weighted by Crippen LogP contribution is -2.10. The van der Waals surface area contributed by atoms with Gasteiger partial charge in [-0.3, -0.25) is 0 Å². The molecule has 2 rings (SSSR count). The van der Waals surface area contributed by atoms with Gasteiger partial charge < -0.3 is 9.47 Å². The molecule has 88 valence electrons. The SMILES string of the molecule is Fc1cc(OCCC2CCCO2)ccc1Cl. The Morgan fingerprint density at radius 3 is 3.06 bits per heavy atom. The Bertz CT molecular complexity index is 351. The van der Waals surface area contributed by atoms with Gasteiger partial charge in [-0.05, 0) is 25.0 Å². The molecule has 1 aliphatic heterocycles. The first-order valence-corrected chi connectivity index (χ1v) is 5.83. The van der Waals surface area contributed by atoms with Crippen LogP contribution >= 0.6 is 11.6 Å². The second kappa shape index (κ2) is 5.51. The maximum atomic E-state index is 13.1. The Hall–Kier alpha value is -0.800. The molecule has 0 aromatic heterocycles. The molecule has 1 unspecified atom stereocenters. The van der Waals surface area contributed by atoms with Crippen molar-refractivity contribution in [3.05, 3.63) is 29.0 Å². The number of benzene rings is 1. The molecule has 1 saturated heterocycles. The Balaban J connectivity index is 1.78. The van der Waals surface area contributed by atoms with Crippen LogP contribution in [0.25, 0.3) is 0 Å². The first-order valence-electron chi connectivity index (χ1n) is 5.45. The van der Waals surface area contributed by atoms with Crippen molar-refractivity contribution in [3.8, 4) is 5.75 Å². The number of hydrogen-bond donors (Lipinski definition) is 0. The summed E-state index contributed by atoms with van der Waals surface area (Å²) in [4.78, 5) is 0. The summed E-state index contributed by atoms with van der Waals surface area (Å²) < 4.78 is 24.0. The summed E-state index contributed by atoms with van der Waals surface area (Å²) in [6, 6.07) is 4.47. The van der Waals surface area contributed by atoms with E-state index >= 15 is 0 Å². The molecule has 4 heteroatoms. The minimum Gasteiger partial charge on any atom is -0.493 e. The smallest absolute Gasteiger partial charge is 0.145 e. The van der Waals surface area contributed by atoms with E-state index in [-0.39, 0.29) is 5.02 Å². The van der Waals surface area contributed by atoms with Gasteiger partial charge in [-0.2, -0.15) is 0 Å². The van der Waals surface area contributed by atoms with Gasteiger partial charge in [0.1, 0.15) is 11.6 Å². The van der Waals surface area contributed by atoms with Crippen LogP contribution in [0, 0.1) is 5.82 Å². The molecule has 0 aliphatic carbocycles. The van der Waals surface area contributed by atoms with Crippen molar-refractivity contribution in [1.29, 1.82) is 0 Å². The minimum atomic E-state index is -0.448. The van der Waals surface area contributed by atoms with Crippen molar-refractivity contribution in [2.75, 3.05) is 13.2 Å². The molecule has 1 fully saturated rings. The van der Waals surface area contributed by atoms with Crippen molar-refractivity contribution in [1.82, 2.24) is 0 Å². The van der Waals surface area contributed by atoms with Crippen molar-refractivity contribution in [2.24, 2.45) is 0 Å². The average Bonchev–Trinajstić information content (AvgIpc) is 2.76. The molecule has 0 spiro atoms. The fourth-order valence-corrected chi connectivity index (χ4v) is 1.86. The maximum absolute atomic E-state index is 13.1. The van der Waals surface area contributed by atoms with Crippen LogP contribution in [-0.2, 0) is 4.74 Å². The molecule has 16 heavy (non-hydrogen) atoms. The lowest BCUT2D eigenvalue weighted by atomic mass is 10.2. The Labute approximate surface area is 99.3 Å². The molecule has 1 aliphatic rings. The maximum Gasteiger partial charge on any atom is 0.145 e. The molecule has 0 radical (unpaired) electrons. The summed E-state index contributed by atoms with van der Waals surface area (Å²) >= 11 is 5.57. The zero-order valence-electron chi connectivity index (χ0n) is 8.92. The number of ether oxygens (including phenoxy) is 2. The molecule has 0 amide bonds. The van der Waals surface area contributed by atoms with Crippen LogP contribution in [0.5, 0.6) is 5.75 Å². The number of hydrogen-bond acceptors (Lipinski definition) is 2. The van der Waals surface area contributed by atoms with E-state index in [0.29, 0.717) is 18.5 Å². The number of halogens is 2. The highest BCUT2D eigenvalue weighted by atomic mass is 35.5. The average molecular weight is 245 g/mol. The molecule has 0 N–H and O–H groups in total. The third-order valence-electron chi connectivity index (χ3n) is 2.62. The number of rotatable bonds is 4. The summed E-state index contributed by atoms with van der Waals surface area (Å²) in [5.74, 6) is 0.0659. The summed E-state index contributed by atoms with van der Waals surface area (Å²) in [5, 5.41) is 0.117. The molecule has 1 aromatic rings. The molecular weight excluding hydrogens is 231 g/mol. The van der Waals surface area contributed by atoms with Crippen LogP contribution < -0.4 is 4.74 Å². The molecule has 1 atom stereocenters. The van der Waals surface area contributed by atoms with E-state index in [1.807, 2.05) is 0 Å². The van der Waals surface area contributed by atoms with Gasteiger partial charge >= 0.3 is 0 Å². The topological polar surface area (TPSA) is 18.5 Å². The zero-order chi connectivity index (χ0) is 11.4. The van der Waals surface area contributed by atoms with Gasteiger partial charge in [0.2, 0.25) is 0 Å². The summed E-state index contributed by atoms with van der Waals surface area (Å²) in [6.07, 6.45) is 3.38. The monoisotopic (exact) mass is 244 g/mol. The van der Waals surface area contributed by atoms with Gasteiger partial charge in [0.15, 0.2) is 0 Å². The fraction of sp³-hybridized carbons (Fsp3) is 0.500. The summed E-state index contributed by atoms with van der Waals surface area (Å²) in [6.45, 7) is 1.39. The first-order chi connectivity index (χ1) is 7.75. The first kappa shape index (κ1) is 11.7. The Morgan fingerprint density at radius 2 is 2.38 bits per heavy atom. The van der Waals surface area contributed by atoms with Crippen LogP contribution in [0.1, 0.15) is 19.3 Å². The third kappa shape index (κ3) is 3.09. The minimum absolute atomic E-state index is 0.117. The van der Waals surface area contributed by atoms with Gasteiger partial charge in [0, 0.05) is 19.1 Å². The van der Waals surface area contributed by atoms with Crippen LogP contribution in [0.15, 0.2) is 18.2 Å². The van der Waals surface area contributed by atoms with E-state index in [4.69, 9.17) is 21.1 Å². The van der Waals surface area contributed by atoms with E-state index in [1.54, 1.807) is 6.07 Å². The largest absolute Gasteiger partial charge is 0.493 e. The van der Waals surface area contributed by atoms with E-state index in [0.717, 1.165) is 25.9 Å². The van der Waals surface area contributed by atoms with Crippen LogP contribution in [-0.4, -0.2) is 19.3 Å². The highest BCUT2D eigenvalue weighted by Gasteiger charge is 2.15. The van der Waals surface area contributed by atoms with Gasteiger partial charge in [-0.25, -0.2) is 4.39 Å². The highest BCUT2D eigenvalue weighted by molar-refractivity contribution is 6.30. The molecule has 0 bridgehead atoms. The second-order valence-corrected chi connectivity index (χ2v) is 4.26. The lowest BCUT2D eigenvalue weighted by molar-refractivity contribution is 0.0903. The van der Waals surface area contributed by atoms with Gasteiger partial charge in [-0.15, -0.1) is 0 Å². The van der Waals surface area contributed by atoms with Crippen LogP contribution in [0.2, 0.25) is 5.02 Å². The molecule has 1 heterocycles. The normalized spacial score (nSPS) is 20.0. The standard InChI is InChI=1S/C12H14ClFO2/c13-11-4-3-10(8-12(11)14)16-7-5-9-2-1-6-15-9/h3-4,8-9H,1-2,5-7H2. The Morgan fingerprint density at radius 1 is 1.50 bits per heavy atom. The van der Waals surface area contributed by atoms with Crippen molar-refractivity contribution in [3.63, 3.8) is 0 Å². The molecule has 2 nitrogen and oxygen atoms in total. The summed E-state index contributed by atoms with van der Waals surface area (Å²) in [5.41, 5.74) is 0. The predicted molar refractivity (Wildman–Crippen MR) is 60.5 cm³/mol. The van der Waals surface area contributed by atoms with Crippen molar-refractivity contribution < 1.29 is 13.9 Å². The zero-order valence-corrected chi connectivity index (χ0v) is 9.67. The Kier molecular flexibility index (Phi) is 4.02. The van der Waals surface area contributed by atoms with Gasteiger partial charge in [0.25, 0.3) is 0 Å². The van der Waals surface area contributed by atoms with Crippen molar-refractivity contribution in [2.45, 2.75) is 25.4 Å². The van der Waals surface area contributed by atoms with Crippen LogP contribution in [0.4, 0.5) is 4.39 Å². The van der Waals surface area contributed by atoms with Crippen molar-refractivity contribution >= 4 is 11.6 Å². The fourth-order valence-electron chi connectivity index (χ4n) is 1.75. The highest BCUT2D eigenvalue weighted by Crippen LogP contribution is 2.21. The van der Waals surface area contributed by atoms with Gasteiger partial charge in [-0.1, -0.05) is 11.6 Å². The summed E-state index contributed by atoms with van der Waals surface area (Å²) in [7, 11) is 0. The lowest BCUT2D eigenvalue weighted by Gasteiger charge is -2.10. The molecule has 0 saturated carbocycles. The van der Waals surface area contributed by atoms with Gasteiger partial charge in [0.05, 0.1) is 17.7 Å². The van der Waals surface area contributed by atoms with E-state index in [2.05, 4.69) is 0 Å². The van der Waals surface area contributed by atoms with E-state index in [1.165, 1.54) is 12.1 Å². The predicted octanol–water partition coefficient (Wildman–Crippen LogP) is 3.43. The van der Waals surface area contributed by atoms with E-state index < -0.39 is 5.82 Å². The quantitative estimate of drug-likeness (QED) is 0.808. The molecule has 1 aromatic carbocycles. The third-order valence-corrected chi connectivity index (χ3v) is 2.93. The van der Waals surface area contributed by atoms with Crippen LogP contribution in [0.3, 0.4) is 0 Å². The van der Waals surface area contributed by atoms with E-state index in [9.17, 15) is 4.39 Å². The molecular formula is C12H14ClFO2.